The van der Waals surface area contributed by atoms with Gasteiger partial charge in [-0.15, -0.1) is 0 Å². The zero-order valence-corrected chi connectivity index (χ0v) is 8.29. The van der Waals surface area contributed by atoms with Crippen LogP contribution in [0.25, 0.3) is 11.8 Å². The van der Waals surface area contributed by atoms with Crippen molar-refractivity contribution >= 4 is 17.7 Å². The third-order valence-electron chi connectivity index (χ3n) is 1.91. The number of hydrogen-bond acceptors (Lipinski definition) is 3. The summed E-state index contributed by atoms with van der Waals surface area (Å²) < 4.78 is 0. The first kappa shape index (κ1) is 11.6. The van der Waals surface area contributed by atoms with Gasteiger partial charge < -0.3 is 5.11 Å². The fourth-order valence-corrected chi connectivity index (χ4v) is 1.25. The van der Waals surface area contributed by atoms with Crippen LogP contribution in [0.1, 0.15) is 11.1 Å². The molecule has 0 aromatic heterocycles. The van der Waals surface area contributed by atoms with Crippen LogP contribution in [0.5, 0.6) is 0 Å². The van der Waals surface area contributed by atoms with E-state index < -0.39 is 16.6 Å². The van der Waals surface area contributed by atoms with Gasteiger partial charge in [0.1, 0.15) is 6.08 Å². The average molecular weight is 219 g/mol. The number of benzene rings is 1. The lowest BCUT2D eigenvalue weighted by Gasteiger charge is -2.02. The molecule has 1 aromatic carbocycles. The smallest absolute Gasteiger partial charge is 0.335 e. The van der Waals surface area contributed by atoms with Crippen LogP contribution < -0.4 is 0 Å². The van der Waals surface area contributed by atoms with Gasteiger partial charge in [-0.1, -0.05) is 30.9 Å². The number of nitro groups is 1. The van der Waals surface area contributed by atoms with Crippen LogP contribution in [-0.2, 0) is 4.79 Å². The van der Waals surface area contributed by atoms with Gasteiger partial charge in [0, 0.05) is 0 Å². The van der Waals surface area contributed by atoms with Gasteiger partial charge in [-0.2, -0.15) is 0 Å². The van der Waals surface area contributed by atoms with Gasteiger partial charge in [0.05, 0.1) is 10.5 Å². The van der Waals surface area contributed by atoms with Gasteiger partial charge in [0.2, 0.25) is 0 Å². The summed E-state index contributed by atoms with van der Waals surface area (Å²) in [5.74, 6) is -1.36. The maximum absolute atomic E-state index is 10.7. The van der Waals surface area contributed by atoms with Crippen molar-refractivity contribution in [3.05, 3.63) is 58.2 Å². The highest BCUT2D eigenvalue weighted by Gasteiger charge is 2.18. The first-order valence-electron chi connectivity index (χ1n) is 4.37. The molecule has 5 heteroatoms. The van der Waals surface area contributed by atoms with E-state index in [9.17, 15) is 14.9 Å². The molecule has 0 atom stereocenters. The Morgan fingerprint density at radius 2 is 2.06 bits per heavy atom. The van der Waals surface area contributed by atoms with Crippen molar-refractivity contribution in [1.82, 2.24) is 0 Å². The molecule has 0 saturated heterocycles. The van der Waals surface area contributed by atoms with E-state index in [1.165, 1.54) is 12.1 Å². The molecule has 0 saturated carbocycles. The van der Waals surface area contributed by atoms with E-state index in [1.807, 2.05) is 0 Å². The fraction of sp³-hybridized carbons (Fsp3) is 0. The Hall–Kier alpha value is -2.43. The molecule has 5 nitrogen and oxygen atoms in total. The lowest BCUT2D eigenvalue weighted by molar-refractivity contribution is -0.375. The number of hydrogen-bond donors (Lipinski definition) is 1. The molecule has 82 valence electrons. The Morgan fingerprint density at radius 3 is 2.56 bits per heavy atom. The summed E-state index contributed by atoms with van der Waals surface area (Å²) >= 11 is 0. The SMILES string of the molecule is C=Cc1ccccc1/C(=C/C(=O)O)[N+](=O)[O-]. The maximum atomic E-state index is 10.7. The quantitative estimate of drug-likeness (QED) is 0.477. The minimum Gasteiger partial charge on any atom is -0.478 e. The largest absolute Gasteiger partial charge is 0.478 e. The van der Waals surface area contributed by atoms with E-state index in [-0.39, 0.29) is 5.56 Å². The average Bonchev–Trinajstić information content (AvgIpc) is 2.25. The van der Waals surface area contributed by atoms with Crippen LogP contribution in [0.15, 0.2) is 36.9 Å². The first-order valence-corrected chi connectivity index (χ1v) is 4.37. The molecule has 0 heterocycles. The Bertz CT molecular complexity index is 477. The van der Waals surface area contributed by atoms with Gasteiger partial charge in [0.25, 0.3) is 5.70 Å². The maximum Gasteiger partial charge on any atom is 0.335 e. The Kier molecular flexibility index (Phi) is 3.55. The summed E-state index contributed by atoms with van der Waals surface area (Å²) in [6, 6.07) is 6.40. The fourth-order valence-electron chi connectivity index (χ4n) is 1.25. The van der Waals surface area contributed by atoms with E-state index >= 15 is 0 Å². The van der Waals surface area contributed by atoms with Crippen LogP contribution >= 0.6 is 0 Å². The normalized spacial score (nSPS) is 10.9. The molecule has 0 fully saturated rings. The number of nitrogens with zero attached hydrogens (tertiary/aromatic N) is 1. The molecule has 1 aromatic rings. The molecular formula is C11H9NO4. The molecule has 0 spiro atoms. The summed E-state index contributed by atoms with van der Waals surface area (Å²) in [5, 5.41) is 19.3. The van der Waals surface area contributed by atoms with Crippen LogP contribution in [0, 0.1) is 10.1 Å². The topological polar surface area (TPSA) is 80.4 Å². The number of carbonyl (C=O) groups is 1. The Balaban J connectivity index is 3.37. The summed E-state index contributed by atoms with van der Waals surface area (Å²) in [5.41, 5.74) is 0.305. The van der Waals surface area contributed by atoms with Gasteiger partial charge in [-0.3, -0.25) is 10.1 Å². The lowest BCUT2D eigenvalue weighted by Crippen LogP contribution is -2.03. The molecule has 1 N–H and O–H groups in total. The van der Waals surface area contributed by atoms with Crippen molar-refractivity contribution in [3.8, 4) is 0 Å². The second-order valence-electron chi connectivity index (χ2n) is 2.92. The van der Waals surface area contributed by atoms with Crippen LogP contribution in [-0.4, -0.2) is 16.0 Å². The van der Waals surface area contributed by atoms with Crippen LogP contribution in [0.4, 0.5) is 0 Å². The Labute approximate surface area is 91.5 Å². The van der Waals surface area contributed by atoms with E-state index in [0.29, 0.717) is 11.6 Å². The van der Waals surface area contributed by atoms with Crippen molar-refractivity contribution in [3.63, 3.8) is 0 Å². The number of carboxylic acids is 1. The van der Waals surface area contributed by atoms with E-state index in [1.54, 1.807) is 18.2 Å². The standard InChI is InChI=1S/C11H9NO4/c1-2-8-5-3-4-6-9(8)10(12(15)16)7-11(13)14/h2-7H,1H2,(H,13,14)/b10-7-. The predicted octanol–water partition coefficient (Wildman–Crippen LogP) is 2.03. The molecule has 0 unspecified atom stereocenters. The second kappa shape index (κ2) is 4.88. The van der Waals surface area contributed by atoms with Crippen molar-refractivity contribution in [2.24, 2.45) is 0 Å². The Morgan fingerprint density at radius 1 is 1.44 bits per heavy atom. The number of aliphatic carboxylic acids is 1. The zero-order valence-electron chi connectivity index (χ0n) is 8.29. The highest BCUT2D eigenvalue weighted by Crippen LogP contribution is 2.20. The van der Waals surface area contributed by atoms with Gasteiger partial charge >= 0.3 is 5.97 Å². The summed E-state index contributed by atoms with van der Waals surface area (Å²) in [6.07, 6.45) is 2.01. The first-order chi connectivity index (χ1) is 7.56. The zero-order chi connectivity index (χ0) is 12.1. The van der Waals surface area contributed by atoms with E-state index in [4.69, 9.17) is 5.11 Å². The third-order valence-corrected chi connectivity index (χ3v) is 1.91. The molecule has 0 amide bonds. The minimum absolute atomic E-state index is 0.241. The molecule has 0 aliphatic rings. The van der Waals surface area contributed by atoms with Crippen molar-refractivity contribution < 1.29 is 14.8 Å². The summed E-state index contributed by atoms with van der Waals surface area (Å²) in [7, 11) is 0. The molecule has 1 rings (SSSR count). The van der Waals surface area contributed by atoms with E-state index in [0.717, 1.165) is 0 Å². The molecule has 0 radical (unpaired) electrons. The monoisotopic (exact) mass is 219 g/mol. The second-order valence-corrected chi connectivity index (χ2v) is 2.92. The molecular weight excluding hydrogens is 210 g/mol. The molecule has 0 aliphatic heterocycles. The predicted molar refractivity (Wildman–Crippen MR) is 59.1 cm³/mol. The van der Waals surface area contributed by atoms with Crippen LogP contribution in [0.2, 0.25) is 0 Å². The molecule has 16 heavy (non-hydrogen) atoms. The van der Waals surface area contributed by atoms with E-state index in [2.05, 4.69) is 6.58 Å². The van der Waals surface area contributed by atoms with Crippen molar-refractivity contribution in [1.29, 1.82) is 0 Å². The van der Waals surface area contributed by atoms with Crippen molar-refractivity contribution in [2.45, 2.75) is 0 Å². The highest BCUT2D eigenvalue weighted by atomic mass is 16.6. The van der Waals surface area contributed by atoms with Gasteiger partial charge in [-0.05, 0) is 11.6 Å². The lowest BCUT2D eigenvalue weighted by atomic mass is 10.0. The molecule has 0 bridgehead atoms. The number of carboxylic acid groups (broad SMARTS) is 1. The summed E-state index contributed by atoms with van der Waals surface area (Å²) in [4.78, 5) is 20.5. The summed E-state index contributed by atoms with van der Waals surface area (Å²) in [6.45, 7) is 3.52. The van der Waals surface area contributed by atoms with Crippen LogP contribution in [0.3, 0.4) is 0 Å². The minimum atomic E-state index is -1.36. The van der Waals surface area contributed by atoms with Gasteiger partial charge in [-0.25, -0.2) is 4.79 Å². The highest BCUT2D eigenvalue weighted by molar-refractivity contribution is 5.89. The van der Waals surface area contributed by atoms with Gasteiger partial charge in [0.15, 0.2) is 0 Å². The molecule has 0 aliphatic carbocycles. The number of rotatable bonds is 4. The van der Waals surface area contributed by atoms with Crippen molar-refractivity contribution in [2.75, 3.05) is 0 Å². The third kappa shape index (κ3) is 2.54.